The van der Waals surface area contributed by atoms with Gasteiger partial charge in [-0.25, -0.2) is 0 Å². The smallest absolute Gasteiger partial charge is 0.0568 e. The SMILES string of the molecule is OCC1CCN(c2ccc(Br)c(Cl)c2)C1. The molecule has 1 unspecified atom stereocenters. The van der Waals surface area contributed by atoms with Gasteiger partial charge in [0, 0.05) is 35.8 Å². The molecule has 0 bridgehead atoms. The van der Waals surface area contributed by atoms with Gasteiger partial charge in [0.2, 0.25) is 0 Å². The summed E-state index contributed by atoms with van der Waals surface area (Å²) >= 11 is 9.41. The van der Waals surface area contributed by atoms with Gasteiger partial charge in [-0.1, -0.05) is 11.6 Å². The average Bonchev–Trinajstić information content (AvgIpc) is 2.70. The topological polar surface area (TPSA) is 23.5 Å². The zero-order valence-electron chi connectivity index (χ0n) is 8.29. The highest BCUT2D eigenvalue weighted by molar-refractivity contribution is 9.10. The van der Waals surface area contributed by atoms with Crippen LogP contribution in [0.15, 0.2) is 22.7 Å². The molecule has 1 N–H and O–H groups in total. The molecule has 1 atom stereocenters. The van der Waals surface area contributed by atoms with Gasteiger partial charge in [-0.05, 0) is 40.5 Å². The summed E-state index contributed by atoms with van der Waals surface area (Å²) in [5.41, 5.74) is 1.14. The van der Waals surface area contributed by atoms with Crippen LogP contribution in [0, 0.1) is 5.92 Å². The van der Waals surface area contributed by atoms with Crippen molar-refractivity contribution in [3.8, 4) is 0 Å². The van der Waals surface area contributed by atoms with Crippen molar-refractivity contribution in [2.45, 2.75) is 6.42 Å². The Morgan fingerprint density at radius 3 is 2.93 bits per heavy atom. The molecule has 4 heteroatoms. The lowest BCUT2D eigenvalue weighted by molar-refractivity contribution is 0.238. The van der Waals surface area contributed by atoms with Crippen molar-refractivity contribution in [2.75, 3.05) is 24.6 Å². The molecule has 1 fully saturated rings. The minimum atomic E-state index is 0.279. The van der Waals surface area contributed by atoms with E-state index in [2.05, 4.69) is 26.9 Å². The van der Waals surface area contributed by atoms with Crippen LogP contribution in [-0.2, 0) is 0 Å². The number of aliphatic hydroxyl groups excluding tert-OH is 1. The summed E-state index contributed by atoms with van der Waals surface area (Å²) in [6.45, 7) is 2.21. The van der Waals surface area contributed by atoms with Crippen LogP contribution in [0.3, 0.4) is 0 Å². The zero-order valence-corrected chi connectivity index (χ0v) is 10.6. The molecule has 0 spiro atoms. The highest BCUT2D eigenvalue weighted by atomic mass is 79.9. The third-order valence-electron chi connectivity index (χ3n) is 2.81. The van der Waals surface area contributed by atoms with E-state index in [0.717, 1.165) is 34.7 Å². The lowest BCUT2D eigenvalue weighted by Crippen LogP contribution is -2.20. The molecule has 1 aromatic rings. The predicted octanol–water partition coefficient (Wildman–Crippen LogP) is 2.92. The number of rotatable bonds is 2. The Morgan fingerprint density at radius 2 is 2.33 bits per heavy atom. The Bertz CT molecular complexity index is 358. The first-order valence-corrected chi connectivity index (χ1v) is 6.18. The molecule has 1 aliphatic rings. The number of hydrogen-bond donors (Lipinski definition) is 1. The maximum absolute atomic E-state index is 9.07. The van der Waals surface area contributed by atoms with Crippen molar-refractivity contribution in [3.05, 3.63) is 27.7 Å². The van der Waals surface area contributed by atoms with Crippen LogP contribution in [0.4, 0.5) is 5.69 Å². The summed E-state index contributed by atoms with van der Waals surface area (Å²) in [7, 11) is 0. The molecule has 0 aromatic heterocycles. The molecule has 1 aromatic carbocycles. The highest BCUT2D eigenvalue weighted by Crippen LogP contribution is 2.30. The fourth-order valence-electron chi connectivity index (χ4n) is 1.90. The molecule has 0 aliphatic carbocycles. The van der Waals surface area contributed by atoms with Crippen LogP contribution < -0.4 is 4.90 Å². The molecule has 2 rings (SSSR count). The second-order valence-electron chi connectivity index (χ2n) is 3.88. The third-order valence-corrected chi connectivity index (χ3v) is 4.04. The molecule has 15 heavy (non-hydrogen) atoms. The van der Waals surface area contributed by atoms with E-state index in [1.165, 1.54) is 0 Å². The number of benzene rings is 1. The Labute approximate surface area is 103 Å². The van der Waals surface area contributed by atoms with Gasteiger partial charge in [0.15, 0.2) is 0 Å². The van der Waals surface area contributed by atoms with E-state index in [1.54, 1.807) is 0 Å². The summed E-state index contributed by atoms with van der Waals surface area (Å²) in [6, 6.07) is 5.98. The Hall–Kier alpha value is -0.250. The van der Waals surface area contributed by atoms with E-state index in [4.69, 9.17) is 16.7 Å². The lowest BCUT2D eigenvalue weighted by atomic mass is 10.1. The van der Waals surface area contributed by atoms with E-state index < -0.39 is 0 Å². The van der Waals surface area contributed by atoms with Crippen LogP contribution in [-0.4, -0.2) is 24.8 Å². The molecule has 1 saturated heterocycles. The van der Waals surface area contributed by atoms with Crippen molar-refractivity contribution in [1.29, 1.82) is 0 Å². The number of hydrogen-bond acceptors (Lipinski definition) is 2. The van der Waals surface area contributed by atoms with E-state index in [-0.39, 0.29) is 6.61 Å². The van der Waals surface area contributed by atoms with Gasteiger partial charge in [-0.3, -0.25) is 0 Å². The van der Waals surface area contributed by atoms with E-state index >= 15 is 0 Å². The first-order valence-electron chi connectivity index (χ1n) is 5.01. The number of halogens is 2. The van der Waals surface area contributed by atoms with Gasteiger partial charge < -0.3 is 10.0 Å². The van der Waals surface area contributed by atoms with E-state index in [0.29, 0.717) is 5.92 Å². The number of anilines is 1. The second-order valence-corrected chi connectivity index (χ2v) is 5.14. The van der Waals surface area contributed by atoms with Gasteiger partial charge in [0.1, 0.15) is 0 Å². The van der Waals surface area contributed by atoms with E-state index in [1.807, 2.05) is 12.1 Å². The fourth-order valence-corrected chi connectivity index (χ4v) is 2.32. The minimum Gasteiger partial charge on any atom is -0.396 e. The predicted molar refractivity (Wildman–Crippen MR) is 66.6 cm³/mol. The Kier molecular flexibility index (Phi) is 3.54. The van der Waals surface area contributed by atoms with Crippen LogP contribution >= 0.6 is 27.5 Å². The van der Waals surface area contributed by atoms with Crippen LogP contribution in [0.5, 0.6) is 0 Å². The lowest BCUT2D eigenvalue weighted by Gasteiger charge is -2.18. The normalized spacial score (nSPS) is 21.0. The van der Waals surface area contributed by atoms with Crippen LogP contribution in [0.2, 0.25) is 5.02 Å². The average molecular weight is 291 g/mol. The van der Waals surface area contributed by atoms with E-state index in [9.17, 15) is 0 Å². The first kappa shape index (κ1) is 11.2. The number of nitrogens with zero attached hydrogens (tertiary/aromatic N) is 1. The van der Waals surface area contributed by atoms with Crippen molar-refractivity contribution >= 4 is 33.2 Å². The second kappa shape index (κ2) is 4.73. The third kappa shape index (κ3) is 2.47. The molecule has 1 heterocycles. The molecule has 0 saturated carbocycles. The standard InChI is InChI=1S/C11H13BrClNO/c12-10-2-1-9(5-11(10)13)14-4-3-8(6-14)7-15/h1-2,5,8,15H,3-4,6-7H2. The molecule has 0 amide bonds. The van der Waals surface area contributed by atoms with Crippen LogP contribution in [0.1, 0.15) is 6.42 Å². The maximum atomic E-state index is 9.07. The first-order chi connectivity index (χ1) is 7.20. The van der Waals surface area contributed by atoms with Gasteiger partial charge in [0.25, 0.3) is 0 Å². The molecule has 1 aliphatic heterocycles. The number of aliphatic hydroxyl groups is 1. The monoisotopic (exact) mass is 289 g/mol. The largest absolute Gasteiger partial charge is 0.396 e. The van der Waals surface area contributed by atoms with Crippen molar-refractivity contribution in [3.63, 3.8) is 0 Å². The molecular weight excluding hydrogens is 277 g/mol. The molecular formula is C11H13BrClNO. The molecule has 0 radical (unpaired) electrons. The summed E-state index contributed by atoms with van der Waals surface area (Å²) in [6.07, 6.45) is 1.06. The van der Waals surface area contributed by atoms with Crippen molar-refractivity contribution in [1.82, 2.24) is 0 Å². The Balaban J connectivity index is 2.13. The molecule has 82 valence electrons. The van der Waals surface area contributed by atoms with Gasteiger partial charge in [-0.2, -0.15) is 0 Å². The van der Waals surface area contributed by atoms with Crippen molar-refractivity contribution < 1.29 is 5.11 Å². The zero-order chi connectivity index (χ0) is 10.8. The molecule has 2 nitrogen and oxygen atoms in total. The van der Waals surface area contributed by atoms with Gasteiger partial charge in [0.05, 0.1) is 5.02 Å². The quantitative estimate of drug-likeness (QED) is 0.905. The van der Waals surface area contributed by atoms with Gasteiger partial charge in [-0.15, -0.1) is 0 Å². The van der Waals surface area contributed by atoms with Crippen molar-refractivity contribution in [2.24, 2.45) is 5.92 Å². The minimum absolute atomic E-state index is 0.279. The Morgan fingerprint density at radius 1 is 1.53 bits per heavy atom. The van der Waals surface area contributed by atoms with Crippen LogP contribution in [0.25, 0.3) is 0 Å². The summed E-state index contributed by atoms with van der Waals surface area (Å²) in [5.74, 6) is 0.410. The summed E-state index contributed by atoms with van der Waals surface area (Å²) in [4.78, 5) is 2.26. The maximum Gasteiger partial charge on any atom is 0.0568 e. The summed E-state index contributed by atoms with van der Waals surface area (Å²) in [5, 5.41) is 9.81. The summed E-state index contributed by atoms with van der Waals surface area (Å²) < 4.78 is 0.922. The fraction of sp³-hybridized carbons (Fsp3) is 0.455. The highest BCUT2D eigenvalue weighted by Gasteiger charge is 2.22. The van der Waals surface area contributed by atoms with Gasteiger partial charge >= 0.3 is 0 Å².